The third-order valence-corrected chi connectivity index (χ3v) is 3.68. The van der Waals surface area contributed by atoms with Gasteiger partial charge in [0.25, 0.3) is 0 Å². The molecule has 19 heavy (non-hydrogen) atoms. The molecule has 1 aliphatic heterocycles. The number of pyridine rings is 1. The second-order valence-electron chi connectivity index (χ2n) is 5.01. The Morgan fingerprint density at radius 1 is 1.47 bits per heavy atom. The normalized spacial score (nSPS) is 16.8. The number of carboxylic acids is 1. The number of carbonyl (C=O) groups is 2. The smallest absolute Gasteiger partial charge is 0.306 e. The number of hydrogen-bond acceptors (Lipinski definition) is 3. The van der Waals surface area contributed by atoms with Crippen LogP contribution in [0.1, 0.15) is 19.0 Å². The van der Waals surface area contributed by atoms with Gasteiger partial charge in [0.1, 0.15) is 0 Å². The van der Waals surface area contributed by atoms with Crippen molar-refractivity contribution >= 4 is 11.9 Å². The number of amides is 1. The fourth-order valence-corrected chi connectivity index (χ4v) is 2.17. The van der Waals surface area contributed by atoms with Gasteiger partial charge in [0.05, 0.1) is 5.92 Å². The second-order valence-corrected chi connectivity index (χ2v) is 5.01. The number of carbonyl (C=O) groups excluding carboxylic acids is 1. The standard InChI is InChI=1S/C14H18N2O3/c1-10(14(18)19)11-8-16(9-11)13(17)6-5-12-4-2-3-7-15-12/h2-4,7,10-11H,5-6,8-9H2,1H3,(H,18,19). The Morgan fingerprint density at radius 2 is 2.21 bits per heavy atom. The molecule has 2 heterocycles. The maximum Gasteiger partial charge on any atom is 0.306 e. The van der Waals surface area contributed by atoms with Crippen LogP contribution in [0, 0.1) is 11.8 Å². The van der Waals surface area contributed by atoms with Gasteiger partial charge in [-0.05, 0) is 18.6 Å². The third-order valence-electron chi connectivity index (χ3n) is 3.68. The Bertz CT molecular complexity index is 455. The molecule has 5 heteroatoms. The first kappa shape index (κ1) is 13.5. The van der Waals surface area contributed by atoms with E-state index in [4.69, 9.17) is 5.11 Å². The molecule has 1 N–H and O–H groups in total. The minimum atomic E-state index is -0.786. The number of carboxylic acid groups (broad SMARTS) is 1. The number of aromatic nitrogens is 1. The van der Waals surface area contributed by atoms with E-state index >= 15 is 0 Å². The molecule has 0 saturated carbocycles. The average Bonchev–Trinajstić information content (AvgIpc) is 2.35. The molecule has 0 aromatic carbocycles. The van der Waals surface area contributed by atoms with Gasteiger partial charge in [-0.3, -0.25) is 14.6 Å². The van der Waals surface area contributed by atoms with E-state index in [9.17, 15) is 9.59 Å². The Kier molecular flexibility index (Phi) is 4.14. The lowest BCUT2D eigenvalue weighted by Gasteiger charge is -2.41. The van der Waals surface area contributed by atoms with Crippen LogP contribution in [-0.2, 0) is 16.0 Å². The van der Waals surface area contributed by atoms with E-state index in [1.54, 1.807) is 18.0 Å². The van der Waals surface area contributed by atoms with Gasteiger partial charge in [-0.15, -0.1) is 0 Å². The lowest BCUT2D eigenvalue weighted by Crippen LogP contribution is -2.53. The first-order valence-corrected chi connectivity index (χ1v) is 6.48. The molecule has 1 fully saturated rings. The number of likely N-dealkylation sites (tertiary alicyclic amines) is 1. The Hall–Kier alpha value is -1.91. The quantitative estimate of drug-likeness (QED) is 0.865. The molecule has 1 unspecified atom stereocenters. The van der Waals surface area contributed by atoms with Crippen LogP contribution >= 0.6 is 0 Å². The average molecular weight is 262 g/mol. The highest BCUT2D eigenvalue weighted by Crippen LogP contribution is 2.24. The number of nitrogens with zero attached hydrogens (tertiary/aromatic N) is 2. The number of rotatable bonds is 5. The monoisotopic (exact) mass is 262 g/mol. The van der Waals surface area contributed by atoms with Gasteiger partial charge >= 0.3 is 5.97 Å². The van der Waals surface area contributed by atoms with Crippen LogP contribution in [0.4, 0.5) is 0 Å². The predicted octanol–water partition coefficient (Wildman–Crippen LogP) is 1.19. The zero-order valence-electron chi connectivity index (χ0n) is 11.0. The van der Waals surface area contributed by atoms with E-state index in [0.717, 1.165) is 5.69 Å². The molecule has 1 aromatic heterocycles. The van der Waals surface area contributed by atoms with Gasteiger partial charge in [0, 0.05) is 37.3 Å². The second kappa shape index (κ2) is 5.82. The minimum absolute atomic E-state index is 0.0829. The number of hydrogen-bond donors (Lipinski definition) is 1. The van der Waals surface area contributed by atoms with Crippen LogP contribution in [0.15, 0.2) is 24.4 Å². The van der Waals surface area contributed by atoms with Crippen LogP contribution in [-0.4, -0.2) is 40.0 Å². The van der Waals surface area contributed by atoms with Gasteiger partial charge in [0.2, 0.25) is 5.91 Å². The maximum absolute atomic E-state index is 11.9. The molecule has 1 aromatic rings. The minimum Gasteiger partial charge on any atom is -0.481 e. The van der Waals surface area contributed by atoms with Crippen LogP contribution in [0.3, 0.4) is 0 Å². The van der Waals surface area contributed by atoms with Crippen molar-refractivity contribution in [1.82, 2.24) is 9.88 Å². The highest BCUT2D eigenvalue weighted by atomic mass is 16.4. The topological polar surface area (TPSA) is 70.5 Å². The summed E-state index contributed by atoms with van der Waals surface area (Å²) in [5, 5.41) is 8.88. The van der Waals surface area contributed by atoms with Crippen molar-refractivity contribution in [1.29, 1.82) is 0 Å². The zero-order chi connectivity index (χ0) is 13.8. The van der Waals surface area contributed by atoms with Crippen molar-refractivity contribution in [3.05, 3.63) is 30.1 Å². The summed E-state index contributed by atoms with van der Waals surface area (Å²) >= 11 is 0. The van der Waals surface area contributed by atoms with Crippen molar-refractivity contribution < 1.29 is 14.7 Å². The summed E-state index contributed by atoms with van der Waals surface area (Å²) in [5.41, 5.74) is 0.909. The highest BCUT2D eigenvalue weighted by molar-refractivity contribution is 5.78. The van der Waals surface area contributed by atoms with Crippen molar-refractivity contribution in [3.8, 4) is 0 Å². The highest BCUT2D eigenvalue weighted by Gasteiger charge is 2.36. The van der Waals surface area contributed by atoms with Crippen molar-refractivity contribution in [2.24, 2.45) is 11.8 Å². The van der Waals surface area contributed by atoms with E-state index in [2.05, 4.69) is 4.98 Å². The van der Waals surface area contributed by atoms with E-state index in [1.807, 2.05) is 18.2 Å². The summed E-state index contributed by atoms with van der Waals surface area (Å²) in [6.45, 7) is 2.83. The molecule has 1 aliphatic rings. The van der Waals surface area contributed by atoms with Crippen LogP contribution in [0.25, 0.3) is 0 Å². The molecule has 1 atom stereocenters. The van der Waals surface area contributed by atoms with Crippen molar-refractivity contribution in [2.45, 2.75) is 19.8 Å². The van der Waals surface area contributed by atoms with Gasteiger partial charge in [0.15, 0.2) is 0 Å². The maximum atomic E-state index is 11.9. The molecule has 0 bridgehead atoms. The van der Waals surface area contributed by atoms with E-state index in [-0.39, 0.29) is 17.7 Å². The molecule has 5 nitrogen and oxygen atoms in total. The molecule has 102 valence electrons. The number of aliphatic carboxylic acids is 1. The first-order chi connectivity index (χ1) is 9.08. The summed E-state index contributed by atoms with van der Waals surface area (Å²) in [5.74, 6) is -0.985. The SMILES string of the molecule is CC(C(=O)O)C1CN(C(=O)CCc2ccccn2)C1. The van der Waals surface area contributed by atoms with Gasteiger partial charge in [-0.2, -0.15) is 0 Å². The molecule has 0 spiro atoms. The number of aryl methyl sites for hydroxylation is 1. The summed E-state index contributed by atoms with van der Waals surface area (Å²) in [6, 6.07) is 5.65. The van der Waals surface area contributed by atoms with Crippen LogP contribution < -0.4 is 0 Å². The molecular weight excluding hydrogens is 244 g/mol. The van der Waals surface area contributed by atoms with Crippen molar-refractivity contribution in [2.75, 3.05) is 13.1 Å². The summed E-state index contributed by atoms with van der Waals surface area (Å²) < 4.78 is 0. The van der Waals surface area contributed by atoms with Gasteiger partial charge < -0.3 is 10.0 Å². The first-order valence-electron chi connectivity index (χ1n) is 6.48. The van der Waals surface area contributed by atoms with E-state index in [0.29, 0.717) is 25.9 Å². The third kappa shape index (κ3) is 3.30. The van der Waals surface area contributed by atoms with Gasteiger partial charge in [-0.1, -0.05) is 13.0 Å². The molecule has 1 saturated heterocycles. The summed E-state index contributed by atoms with van der Waals surface area (Å²) in [7, 11) is 0. The van der Waals surface area contributed by atoms with Gasteiger partial charge in [-0.25, -0.2) is 0 Å². The molecule has 2 rings (SSSR count). The largest absolute Gasteiger partial charge is 0.481 e. The molecule has 0 aliphatic carbocycles. The van der Waals surface area contributed by atoms with Crippen LogP contribution in [0.5, 0.6) is 0 Å². The molecule has 1 amide bonds. The predicted molar refractivity (Wildman–Crippen MR) is 69.4 cm³/mol. The molecule has 0 radical (unpaired) electrons. The van der Waals surface area contributed by atoms with E-state index in [1.165, 1.54) is 0 Å². The van der Waals surface area contributed by atoms with Crippen LogP contribution in [0.2, 0.25) is 0 Å². The fraction of sp³-hybridized carbons (Fsp3) is 0.500. The fourth-order valence-electron chi connectivity index (χ4n) is 2.17. The zero-order valence-corrected chi connectivity index (χ0v) is 11.0. The van der Waals surface area contributed by atoms with Crippen molar-refractivity contribution in [3.63, 3.8) is 0 Å². The summed E-state index contributed by atoms with van der Waals surface area (Å²) in [6.07, 6.45) is 2.79. The summed E-state index contributed by atoms with van der Waals surface area (Å²) in [4.78, 5) is 28.6. The Balaban J connectivity index is 1.73. The van der Waals surface area contributed by atoms with E-state index < -0.39 is 5.97 Å². The molecular formula is C14H18N2O3. The Morgan fingerprint density at radius 3 is 2.79 bits per heavy atom. The Labute approximate surface area is 112 Å². The lowest BCUT2D eigenvalue weighted by atomic mass is 9.87. The lowest BCUT2D eigenvalue weighted by molar-refractivity contribution is -0.150.